The van der Waals surface area contributed by atoms with Crippen LogP contribution in [0.3, 0.4) is 0 Å². The van der Waals surface area contributed by atoms with Crippen molar-refractivity contribution in [2.75, 3.05) is 6.61 Å². The number of unbranched alkanes of at least 4 members (excludes halogenated alkanes) is 2. The Morgan fingerprint density at radius 3 is 2.32 bits per heavy atom. The van der Waals surface area contributed by atoms with Gasteiger partial charge in [-0.15, -0.1) is 0 Å². The molecule has 25 heavy (non-hydrogen) atoms. The highest BCUT2D eigenvalue weighted by atomic mass is 16.5. The monoisotopic (exact) mass is 330 g/mol. The number of aryl methyl sites for hydroxylation is 1. The molecule has 128 valence electrons. The fraction of sp³-hybridized carbons (Fsp3) is 0.250. The lowest BCUT2D eigenvalue weighted by atomic mass is 9.99. The third-order valence-corrected chi connectivity index (χ3v) is 4.54. The molecule has 0 amide bonds. The van der Waals surface area contributed by atoms with Crippen molar-refractivity contribution in [3.8, 4) is 16.9 Å². The lowest BCUT2D eigenvalue weighted by molar-refractivity contribution is 0.364. The van der Waals surface area contributed by atoms with Crippen molar-refractivity contribution in [2.45, 2.75) is 32.6 Å². The zero-order chi connectivity index (χ0) is 17.5. The molecule has 1 nitrogen and oxygen atoms in total. The van der Waals surface area contributed by atoms with Gasteiger partial charge in [0.05, 0.1) is 0 Å². The van der Waals surface area contributed by atoms with Crippen molar-refractivity contribution in [1.82, 2.24) is 0 Å². The predicted molar refractivity (Wildman–Crippen MR) is 108 cm³/mol. The van der Waals surface area contributed by atoms with Gasteiger partial charge >= 0.3 is 0 Å². The molecule has 0 fully saturated rings. The molecule has 0 atom stereocenters. The maximum atomic E-state index is 5.61. The Bertz CT molecular complexity index is 830. The number of fused-ring (bicyclic) bond motifs is 1. The highest BCUT2D eigenvalue weighted by Crippen LogP contribution is 2.27. The summed E-state index contributed by atoms with van der Waals surface area (Å²) in [6.45, 7) is 6.47. The first kappa shape index (κ1) is 17.3. The van der Waals surface area contributed by atoms with Crippen LogP contribution in [0.1, 0.15) is 31.7 Å². The molecule has 0 radical (unpaired) electrons. The van der Waals surface area contributed by atoms with Crippen LogP contribution in [0.5, 0.6) is 5.75 Å². The highest BCUT2D eigenvalue weighted by molar-refractivity contribution is 5.88. The molecule has 0 N–H and O–H groups in total. The highest BCUT2D eigenvalue weighted by Gasteiger charge is 2.02. The SMILES string of the molecule is C=CCOc1ccc2cc(-c3ccc(CCCCC)cc3)ccc2c1. The smallest absolute Gasteiger partial charge is 0.120 e. The maximum absolute atomic E-state index is 5.61. The first-order chi connectivity index (χ1) is 12.3. The molecule has 3 rings (SSSR count). The summed E-state index contributed by atoms with van der Waals surface area (Å²) in [7, 11) is 0. The van der Waals surface area contributed by atoms with Gasteiger partial charge in [-0.3, -0.25) is 0 Å². The number of hydrogen-bond donors (Lipinski definition) is 0. The third kappa shape index (κ3) is 4.51. The average molecular weight is 330 g/mol. The topological polar surface area (TPSA) is 9.23 Å². The summed E-state index contributed by atoms with van der Waals surface area (Å²) in [5.41, 5.74) is 3.96. The number of hydrogen-bond acceptors (Lipinski definition) is 1. The number of rotatable bonds is 8. The fourth-order valence-electron chi connectivity index (χ4n) is 3.09. The molecule has 0 saturated carbocycles. The lowest BCUT2D eigenvalue weighted by Crippen LogP contribution is -1.92. The van der Waals surface area contributed by atoms with E-state index in [2.05, 4.69) is 68.1 Å². The van der Waals surface area contributed by atoms with E-state index >= 15 is 0 Å². The standard InChI is InChI=1S/C24H26O/c1-3-5-6-7-19-8-10-20(11-9-19)21-12-13-23-18-24(25-16-4-2)15-14-22(23)17-21/h4,8-15,17-18H,2-3,5-7,16H2,1H3. The molecule has 0 unspecified atom stereocenters. The molecule has 0 bridgehead atoms. The summed E-state index contributed by atoms with van der Waals surface area (Å²) < 4.78 is 5.61. The lowest BCUT2D eigenvalue weighted by Gasteiger charge is -2.08. The van der Waals surface area contributed by atoms with Gasteiger partial charge in [0.15, 0.2) is 0 Å². The molecular formula is C24H26O. The minimum Gasteiger partial charge on any atom is -0.490 e. The Kier molecular flexibility index (Phi) is 5.90. The summed E-state index contributed by atoms with van der Waals surface area (Å²) in [5, 5.41) is 2.43. The summed E-state index contributed by atoms with van der Waals surface area (Å²) in [6, 6.07) is 21.8. The second kappa shape index (κ2) is 8.53. The van der Waals surface area contributed by atoms with Crippen molar-refractivity contribution < 1.29 is 4.74 Å². The molecule has 1 heteroatoms. The van der Waals surface area contributed by atoms with E-state index in [0.29, 0.717) is 6.61 Å². The number of ether oxygens (including phenoxy) is 1. The largest absolute Gasteiger partial charge is 0.490 e. The van der Waals surface area contributed by atoms with E-state index in [9.17, 15) is 0 Å². The molecule has 0 spiro atoms. The van der Waals surface area contributed by atoms with Gasteiger partial charge in [-0.25, -0.2) is 0 Å². The van der Waals surface area contributed by atoms with Crippen LogP contribution >= 0.6 is 0 Å². The van der Waals surface area contributed by atoms with Gasteiger partial charge in [0, 0.05) is 0 Å². The zero-order valence-corrected chi connectivity index (χ0v) is 15.0. The van der Waals surface area contributed by atoms with Crippen molar-refractivity contribution in [2.24, 2.45) is 0 Å². The number of benzene rings is 3. The van der Waals surface area contributed by atoms with Crippen LogP contribution in [0.15, 0.2) is 73.3 Å². The quantitative estimate of drug-likeness (QED) is 0.326. The zero-order valence-electron chi connectivity index (χ0n) is 15.0. The fourth-order valence-corrected chi connectivity index (χ4v) is 3.09. The second-order valence-electron chi connectivity index (χ2n) is 6.48. The van der Waals surface area contributed by atoms with Gasteiger partial charge in [-0.1, -0.05) is 74.9 Å². The Hall–Kier alpha value is -2.54. The molecule has 0 aliphatic carbocycles. The van der Waals surface area contributed by atoms with E-state index in [4.69, 9.17) is 4.74 Å². The van der Waals surface area contributed by atoms with Crippen LogP contribution in [-0.4, -0.2) is 6.61 Å². The van der Waals surface area contributed by atoms with E-state index in [1.807, 2.05) is 6.07 Å². The summed E-state index contributed by atoms with van der Waals surface area (Å²) in [6.07, 6.45) is 6.81. The predicted octanol–water partition coefficient (Wildman–Crippen LogP) is 6.80. The van der Waals surface area contributed by atoms with Gasteiger partial charge in [-0.2, -0.15) is 0 Å². The van der Waals surface area contributed by atoms with Crippen LogP contribution < -0.4 is 4.74 Å². The maximum Gasteiger partial charge on any atom is 0.120 e. The average Bonchev–Trinajstić information content (AvgIpc) is 2.66. The molecule has 3 aromatic carbocycles. The van der Waals surface area contributed by atoms with Crippen LogP contribution in [0.25, 0.3) is 21.9 Å². The van der Waals surface area contributed by atoms with E-state index in [1.165, 1.54) is 53.1 Å². The minimum absolute atomic E-state index is 0.536. The van der Waals surface area contributed by atoms with Gasteiger partial charge in [0.25, 0.3) is 0 Å². The van der Waals surface area contributed by atoms with Gasteiger partial charge in [0.1, 0.15) is 12.4 Å². The Labute approximate surface area is 151 Å². The summed E-state index contributed by atoms with van der Waals surface area (Å²) >= 11 is 0. The minimum atomic E-state index is 0.536. The molecule has 0 aromatic heterocycles. The molecule has 0 heterocycles. The molecule has 3 aromatic rings. The molecular weight excluding hydrogens is 304 g/mol. The van der Waals surface area contributed by atoms with Crippen molar-refractivity contribution >= 4 is 10.8 Å². The van der Waals surface area contributed by atoms with Crippen LogP contribution in [0.2, 0.25) is 0 Å². The Balaban J connectivity index is 1.77. The van der Waals surface area contributed by atoms with E-state index < -0.39 is 0 Å². The van der Waals surface area contributed by atoms with Crippen molar-refractivity contribution in [3.63, 3.8) is 0 Å². The van der Waals surface area contributed by atoms with E-state index in [-0.39, 0.29) is 0 Å². The normalized spacial score (nSPS) is 10.8. The molecule has 0 saturated heterocycles. The Morgan fingerprint density at radius 2 is 1.56 bits per heavy atom. The van der Waals surface area contributed by atoms with E-state index in [0.717, 1.165) is 5.75 Å². The first-order valence-electron chi connectivity index (χ1n) is 9.17. The third-order valence-electron chi connectivity index (χ3n) is 4.54. The Morgan fingerprint density at radius 1 is 0.840 bits per heavy atom. The van der Waals surface area contributed by atoms with Gasteiger partial charge in [0.2, 0.25) is 0 Å². The summed E-state index contributed by atoms with van der Waals surface area (Å²) in [4.78, 5) is 0. The van der Waals surface area contributed by atoms with Gasteiger partial charge < -0.3 is 4.74 Å². The molecule has 0 aliphatic heterocycles. The van der Waals surface area contributed by atoms with Crippen molar-refractivity contribution in [3.05, 3.63) is 78.9 Å². The van der Waals surface area contributed by atoms with E-state index in [1.54, 1.807) is 6.08 Å². The van der Waals surface area contributed by atoms with Crippen LogP contribution in [0, 0.1) is 0 Å². The van der Waals surface area contributed by atoms with Crippen molar-refractivity contribution in [1.29, 1.82) is 0 Å². The van der Waals surface area contributed by atoms with Crippen LogP contribution in [0.4, 0.5) is 0 Å². The van der Waals surface area contributed by atoms with Gasteiger partial charge in [-0.05, 0) is 58.5 Å². The second-order valence-corrected chi connectivity index (χ2v) is 6.48. The van der Waals surface area contributed by atoms with Crippen LogP contribution in [-0.2, 0) is 6.42 Å². The first-order valence-corrected chi connectivity index (χ1v) is 9.17. The summed E-state index contributed by atoms with van der Waals surface area (Å²) in [5.74, 6) is 0.886. The molecule has 0 aliphatic rings.